The van der Waals surface area contributed by atoms with Gasteiger partial charge < -0.3 is 44.7 Å². The molecule has 0 radical (unpaired) electrons. The van der Waals surface area contributed by atoms with Crippen LogP contribution in [0.2, 0.25) is 0 Å². The molecule has 0 saturated heterocycles. The van der Waals surface area contributed by atoms with Gasteiger partial charge in [-0.3, -0.25) is 9.59 Å². The first kappa shape index (κ1) is 38.6. The fraction of sp³-hybridized carbons (Fsp3) is 0.583. The number of benzene rings is 2. The van der Waals surface area contributed by atoms with Crippen LogP contribution in [0.5, 0.6) is 11.5 Å². The van der Waals surface area contributed by atoms with Crippen molar-refractivity contribution in [2.24, 2.45) is 5.92 Å². The zero-order valence-electron chi connectivity index (χ0n) is 29.7. The lowest BCUT2D eigenvalue weighted by atomic mass is 10.0. The van der Waals surface area contributed by atoms with Crippen LogP contribution in [0.1, 0.15) is 63.2 Å². The minimum atomic E-state index is -0.515. The molecular weight excluding hydrogens is 614 g/mol. The smallest absolute Gasteiger partial charge is 0.323 e. The fourth-order valence-corrected chi connectivity index (χ4v) is 5.54. The van der Waals surface area contributed by atoms with Crippen LogP contribution in [0.3, 0.4) is 0 Å². The maximum absolute atomic E-state index is 14.3. The average molecular weight is 670 g/mol. The summed E-state index contributed by atoms with van der Waals surface area (Å²) in [5, 5.41) is 15.8. The summed E-state index contributed by atoms with van der Waals surface area (Å²) >= 11 is 0. The van der Waals surface area contributed by atoms with E-state index in [2.05, 4.69) is 15.5 Å². The molecule has 0 saturated carbocycles. The number of amides is 4. The van der Waals surface area contributed by atoms with Gasteiger partial charge in [0.05, 0.1) is 37.5 Å². The van der Waals surface area contributed by atoms with Crippen molar-refractivity contribution in [1.82, 2.24) is 14.7 Å². The van der Waals surface area contributed by atoms with Crippen LogP contribution in [0.25, 0.3) is 0 Å². The molecule has 4 amide bonds. The Morgan fingerprint density at radius 2 is 1.75 bits per heavy atom. The van der Waals surface area contributed by atoms with E-state index >= 15 is 0 Å². The van der Waals surface area contributed by atoms with Gasteiger partial charge in [0.25, 0.3) is 5.91 Å². The zero-order chi connectivity index (χ0) is 35.2. The predicted molar refractivity (Wildman–Crippen MR) is 188 cm³/mol. The van der Waals surface area contributed by atoms with Crippen molar-refractivity contribution in [3.63, 3.8) is 0 Å². The van der Waals surface area contributed by atoms with Gasteiger partial charge >= 0.3 is 6.03 Å². The van der Waals surface area contributed by atoms with Crippen LogP contribution >= 0.6 is 0 Å². The number of hydrogen-bond acceptors (Lipinski definition) is 8. The number of likely N-dealkylation sites (N-methyl/N-ethyl adjacent to an activating group) is 1. The molecular formula is C36H55N5O7. The third-order valence-electron chi connectivity index (χ3n) is 8.53. The number of carbonyl (C=O) groups is 3. The molecule has 1 heterocycles. The molecule has 1 aliphatic heterocycles. The van der Waals surface area contributed by atoms with E-state index < -0.39 is 12.1 Å². The Kier molecular flexibility index (Phi) is 15.4. The highest BCUT2D eigenvalue weighted by molar-refractivity contribution is 6.02. The Labute approximate surface area is 285 Å². The molecule has 2 aromatic rings. The molecule has 0 aliphatic carbocycles. The second kappa shape index (κ2) is 19.2. The lowest BCUT2D eigenvalue weighted by Gasteiger charge is -2.36. The molecule has 4 atom stereocenters. The van der Waals surface area contributed by atoms with Crippen LogP contribution in [0, 0.1) is 5.92 Å². The second-order valence-corrected chi connectivity index (χ2v) is 13.0. The van der Waals surface area contributed by atoms with Crippen molar-refractivity contribution >= 4 is 29.2 Å². The normalized spacial score (nSPS) is 19.8. The number of nitrogens with zero attached hydrogens (tertiary/aromatic N) is 3. The van der Waals surface area contributed by atoms with E-state index in [0.717, 1.165) is 32.2 Å². The molecule has 0 spiro atoms. The zero-order valence-corrected chi connectivity index (χ0v) is 29.7. The van der Waals surface area contributed by atoms with Crippen LogP contribution in [-0.4, -0.2) is 117 Å². The third-order valence-corrected chi connectivity index (χ3v) is 8.53. The predicted octanol–water partition coefficient (Wildman–Crippen LogP) is 4.93. The van der Waals surface area contributed by atoms with Crippen molar-refractivity contribution in [2.45, 2.75) is 71.1 Å². The minimum absolute atomic E-state index is 0.0553. The molecule has 0 fully saturated rings. The van der Waals surface area contributed by atoms with Crippen molar-refractivity contribution in [1.29, 1.82) is 0 Å². The molecule has 3 rings (SSSR count). The summed E-state index contributed by atoms with van der Waals surface area (Å²) in [5.41, 5.74) is 1.26. The lowest BCUT2D eigenvalue weighted by Crippen LogP contribution is -2.48. The highest BCUT2D eigenvalue weighted by Crippen LogP contribution is 2.29. The summed E-state index contributed by atoms with van der Waals surface area (Å²) in [6, 6.07) is 11.0. The molecule has 0 bridgehead atoms. The van der Waals surface area contributed by atoms with Crippen LogP contribution in [0.15, 0.2) is 42.5 Å². The van der Waals surface area contributed by atoms with E-state index in [0.29, 0.717) is 42.4 Å². The van der Waals surface area contributed by atoms with E-state index in [1.165, 1.54) is 0 Å². The van der Waals surface area contributed by atoms with Crippen molar-refractivity contribution < 1.29 is 33.7 Å². The van der Waals surface area contributed by atoms with Gasteiger partial charge in [-0.25, -0.2) is 4.79 Å². The highest BCUT2D eigenvalue weighted by atomic mass is 16.5. The number of fused-ring (bicyclic) bond motifs is 1. The number of nitrogens with one attached hydrogen (secondary N) is 2. The second-order valence-electron chi connectivity index (χ2n) is 13.0. The van der Waals surface area contributed by atoms with Crippen LogP contribution in [-0.2, 0) is 9.53 Å². The summed E-state index contributed by atoms with van der Waals surface area (Å²) < 4.78 is 17.8. The van der Waals surface area contributed by atoms with Crippen molar-refractivity contribution in [2.75, 3.05) is 71.7 Å². The van der Waals surface area contributed by atoms with E-state index in [4.69, 9.17) is 14.2 Å². The number of carbonyl (C=O) groups excluding carboxylic acids is 3. The van der Waals surface area contributed by atoms with Gasteiger partial charge in [0.1, 0.15) is 11.5 Å². The van der Waals surface area contributed by atoms with E-state index in [1.807, 2.05) is 27.9 Å². The minimum Gasteiger partial charge on any atom is -0.497 e. The Hall–Kier alpha value is -3.87. The number of hydrogen-bond donors (Lipinski definition) is 3. The number of aliphatic hydroxyl groups is 1. The quantitative estimate of drug-likeness (QED) is 0.307. The Morgan fingerprint density at radius 3 is 2.42 bits per heavy atom. The molecule has 48 heavy (non-hydrogen) atoms. The topological polar surface area (TPSA) is 133 Å². The summed E-state index contributed by atoms with van der Waals surface area (Å²) in [5.74, 6) is 0.630. The Balaban J connectivity index is 1.86. The van der Waals surface area contributed by atoms with Crippen molar-refractivity contribution in [3.05, 3.63) is 48.0 Å². The first-order chi connectivity index (χ1) is 22.9. The summed E-state index contributed by atoms with van der Waals surface area (Å²) in [7, 11) is 7.35. The number of rotatable bonds is 11. The molecule has 266 valence electrons. The first-order valence-electron chi connectivity index (χ1n) is 16.9. The lowest BCUT2D eigenvalue weighted by molar-refractivity contribution is -0.132. The van der Waals surface area contributed by atoms with E-state index in [-0.39, 0.29) is 48.7 Å². The summed E-state index contributed by atoms with van der Waals surface area (Å²) in [6.07, 6.45) is 3.16. The van der Waals surface area contributed by atoms with E-state index in [9.17, 15) is 19.5 Å². The van der Waals surface area contributed by atoms with Crippen LogP contribution < -0.4 is 20.1 Å². The standard InChI is InChI=1S/C36H55N5O7/c1-25-22-41(26(2)24-42)35(44)31-21-29(38-36(45)37-28-13-16-30(46-7)17-14-28)15-18-32(31)48-27(3)11-8-9-20-47-33(25)23-40(6)34(43)12-10-19-39(4)5/h13-18,21,25-27,33,42H,8-12,19-20,22-24H2,1-7H3,(H2,37,38,45)/t25-,26+,27+,33+/m1/s1. The SMILES string of the molecule is COc1ccc(NC(=O)Nc2ccc3c(c2)C(=O)N([C@@H](C)CO)C[C@@H](C)[C@H](CN(C)C(=O)CCCN(C)C)OCCCC[C@H](C)O3)cc1. The van der Waals surface area contributed by atoms with Gasteiger partial charge in [-0.1, -0.05) is 6.92 Å². The van der Waals surface area contributed by atoms with Gasteiger partial charge in [0.2, 0.25) is 5.91 Å². The third kappa shape index (κ3) is 12.0. The Morgan fingerprint density at radius 1 is 1.06 bits per heavy atom. The van der Waals surface area contributed by atoms with E-state index in [1.54, 1.807) is 73.3 Å². The monoisotopic (exact) mass is 669 g/mol. The molecule has 12 nitrogen and oxygen atoms in total. The fourth-order valence-electron chi connectivity index (χ4n) is 5.54. The molecule has 3 N–H and O–H groups in total. The molecule has 0 unspecified atom stereocenters. The first-order valence-corrected chi connectivity index (χ1v) is 16.9. The number of anilines is 2. The van der Waals surface area contributed by atoms with Gasteiger partial charge in [-0.15, -0.1) is 0 Å². The van der Waals surface area contributed by atoms with Crippen molar-refractivity contribution in [3.8, 4) is 11.5 Å². The summed E-state index contributed by atoms with van der Waals surface area (Å²) in [4.78, 5) is 45.6. The number of methoxy groups -OCH3 is 1. The number of urea groups is 1. The van der Waals surface area contributed by atoms with Gasteiger partial charge in [0, 0.05) is 50.5 Å². The number of aliphatic hydroxyl groups excluding tert-OH is 1. The molecule has 2 aromatic carbocycles. The molecule has 12 heteroatoms. The van der Waals surface area contributed by atoms with Gasteiger partial charge in [-0.05, 0) is 103 Å². The Bertz CT molecular complexity index is 1320. The molecule has 0 aromatic heterocycles. The highest BCUT2D eigenvalue weighted by Gasteiger charge is 2.31. The number of ether oxygens (including phenoxy) is 3. The maximum atomic E-state index is 14.3. The maximum Gasteiger partial charge on any atom is 0.323 e. The largest absolute Gasteiger partial charge is 0.497 e. The summed E-state index contributed by atoms with van der Waals surface area (Å²) in [6.45, 7) is 7.54. The van der Waals surface area contributed by atoms with Crippen LogP contribution in [0.4, 0.5) is 16.2 Å². The molecule has 1 aliphatic rings. The van der Waals surface area contributed by atoms with Gasteiger partial charge in [-0.2, -0.15) is 0 Å². The van der Waals surface area contributed by atoms with Gasteiger partial charge in [0.15, 0.2) is 0 Å². The average Bonchev–Trinajstić information content (AvgIpc) is 3.06.